The monoisotopic (exact) mass is 830 g/mol. The highest BCUT2D eigenvalue weighted by Gasteiger charge is 2.27. The van der Waals surface area contributed by atoms with Crippen LogP contribution in [0.5, 0.6) is 0 Å². The van der Waals surface area contributed by atoms with Crippen LogP contribution in [0.2, 0.25) is 0 Å². The van der Waals surface area contributed by atoms with Crippen LogP contribution in [0.3, 0.4) is 0 Å². The maximum atomic E-state index is 2.57. The van der Waals surface area contributed by atoms with Crippen molar-refractivity contribution >= 4 is 108 Å². The van der Waals surface area contributed by atoms with Gasteiger partial charge in [0.15, 0.2) is 0 Å². The summed E-state index contributed by atoms with van der Waals surface area (Å²) in [5.41, 5.74) is 10.2. The van der Waals surface area contributed by atoms with E-state index < -0.39 is 0 Å². The minimum absolute atomic E-state index is 1.24. The SMILES string of the molecule is c1ccc(-c2ccc(-c3ccccc3)c3c4cc5c(cc6c7c(-c8cccc9ccccc89)c8ccccc8c(-c8cccc9ccccc89)c7c7cccc5c76)c5cccc(c23)c54)cc1. The van der Waals surface area contributed by atoms with E-state index in [0.29, 0.717) is 0 Å². The van der Waals surface area contributed by atoms with Gasteiger partial charge in [0.1, 0.15) is 0 Å². The zero-order valence-electron chi connectivity index (χ0n) is 35.9. The second-order valence-corrected chi connectivity index (χ2v) is 18.1. The molecular weight excluding hydrogens is 793 g/mol. The molecular formula is C66H38. The van der Waals surface area contributed by atoms with E-state index in [1.807, 2.05) is 0 Å². The lowest BCUT2D eigenvalue weighted by Crippen LogP contribution is -1.91. The molecule has 0 spiro atoms. The topological polar surface area (TPSA) is 0 Å². The summed E-state index contributed by atoms with van der Waals surface area (Å²) in [4.78, 5) is 0. The summed E-state index contributed by atoms with van der Waals surface area (Å²) in [5, 5.41) is 26.0. The van der Waals surface area contributed by atoms with Gasteiger partial charge in [-0.1, -0.05) is 218 Å². The molecule has 15 aromatic carbocycles. The Bertz CT molecular complexity index is 4470. The van der Waals surface area contributed by atoms with Crippen molar-refractivity contribution in [2.24, 2.45) is 0 Å². The molecule has 0 unspecified atom stereocenters. The predicted molar refractivity (Wildman–Crippen MR) is 286 cm³/mol. The van der Waals surface area contributed by atoms with E-state index in [9.17, 15) is 0 Å². The number of benzene rings is 13. The van der Waals surface area contributed by atoms with Gasteiger partial charge in [-0.25, -0.2) is 0 Å². The summed E-state index contributed by atoms with van der Waals surface area (Å²) in [6.07, 6.45) is 0. The molecule has 15 rings (SSSR count). The van der Waals surface area contributed by atoms with Crippen LogP contribution in [0, 0.1) is 0 Å². The van der Waals surface area contributed by atoms with Crippen LogP contribution in [0.1, 0.15) is 0 Å². The van der Waals surface area contributed by atoms with Gasteiger partial charge >= 0.3 is 0 Å². The normalized spacial score (nSPS) is 12.2. The summed E-state index contributed by atoms with van der Waals surface area (Å²) in [5.74, 6) is 0. The van der Waals surface area contributed by atoms with Crippen LogP contribution in [0.15, 0.2) is 231 Å². The Morgan fingerprint density at radius 3 is 1.03 bits per heavy atom. The molecule has 0 amide bonds. The van der Waals surface area contributed by atoms with E-state index in [-0.39, 0.29) is 0 Å². The molecule has 0 aliphatic rings. The molecule has 66 heavy (non-hydrogen) atoms. The van der Waals surface area contributed by atoms with E-state index in [1.165, 1.54) is 152 Å². The van der Waals surface area contributed by atoms with Crippen molar-refractivity contribution < 1.29 is 0 Å². The van der Waals surface area contributed by atoms with Gasteiger partial charge in [0, 0.05) is 0 Å². The van der Waals surface area contributed by atoms with Crippen LogP contribution < -0.4 is 0 Å². The standard InChI is InChI=1S/C66H38/c1-3-17-41(18-4-1)45-35-36-46(42-19-5-2-6-20-42)62-57-37-55-52-32-16-34-54-60(52)58(38-56(55)51-31-15-33-53(59(51)57)61(45)62)66-64(48-30-14-24-40-22-8-10-26-44(40)48)50-28-12-11-27-49(50)63(65(54)66)47-29-13-23-39-21-7-9-25-43(39)47/h1-38H. The maximum absolute atomic E-state index is 2.57. The van der Waals surface area contributed by atoms with E-state index in [4.69, 9.17) is 0 Å². The van der Waals surface area contributed by atoms with Crippen molar-refractivity contribution in [3.05, 3.63) is 231 Å². The molecule has 0 atom stereocenters. The lowest BCUT2D eigenvalue weighted by molar-refractivity contribution is 1.64. The second kappa shape index (κ2) is 13.5. The fourth-order valence-corrected chi connectivity index (χ4v) is 12.3. The third-order valence-electron chi connectivity index (χ3n) is 14.9. The Morgan fingerprint density at radius 2 is 0.515 bits per heavy atom. The third kappa shape index (κ3) is 4.77. The van der Waals surface area contributed by atoms with Crippen molar-refractivity contribution in [3.63, 3.8) is 0 Å². The summed E-state index contributed by atoms with van der Waals surface area (Å²) in [6.45, 7) is 0. The van der Waals surface area contributed by atoms with Crippen molar-refractivity contribution in [3.8, 4) is 44.5 Å². The molecule has 0 saturated heterocycles. The zero-order chi connectivity index (χ0) is 43.0. The highest BCUT2D eigenvalue weighted by atomic mass is 14.3. The van der Waals surface area contributed by atoms with Crippen LogP contribution in [-0.2, 0) is 0 Å². The molecule has 0 nitrogen and oxygen atoms in total. The molecule has 0 aliphatic heterocycles. The fourth-order valence-electron chi connectivity index (χ4n) is 12.3. The van der Waals surface area contributed by atoms with Crippen molar-refractivity contribution in [1.82, 2.24) is 0 Å². The van der Waals surface area contributed by atoms with Gasteiger partial charge < -0.3 is 0 Å². The molecule has 0 heteroatoms. The third-order valence-corrected chi connectivity index (χ3v) is 14.9. The number of hydrogen-bond donors (Lipinski definition) is 0. The Morgan fingerprint density at radius 1 is 0.167 bits per heavy atom. The van der Waals surface area contributed by atoms with Gasteiger partial charge in [-0.15, -0.1) is 0 Å². The van der Waals surface area contributed by atoms with Crippen LogP contribution in [-0.4, -0.2) is 0 Å². The van der Waals surface area contributed by atoms with Crippen molar-refractivity contribution in [1.29, 1.82) is 0 Å². The first-order valence-corrected chi connectivity index (χ1v) is 23.1. The molecule has 15 aromatic rings. The van der Waals surface area contributed by atoms with Gasteiger partial charge in [-0.05, 0) is 164 Å². The molecule has 302 valence electrons. The Kier molecular flexibility index (Phi) is 7.31. The molecule has 0 radical (unpaired) electrons. The largest absolute Gasteiger partial charge is 0.0622 e. The predicted octanol–water partition coefficient (Wildman–Crippen LogP) is 18.8. The second-order valence-electron chi connectivity index (χ2n) is 18.1. The molecule has 0 aliphatic carbocycles. The first kappa shape index (κ1) is 35.8. The number of hydrogen-bond acceptors (Lipinski definition) is 0. The summed E-state index contributed by atoms with van der Waals surface area (Å²) in [7, 11) is 0. The maximum Gasteiger partial charge on any atom is -0.000696 e. The molecule has 0 aromatic heterocycles. The summed E-state index contributed by atoms with van der Waals surface area (Å²) < 4.78 is 0. The van der Waals surface area contributed by atoms with Gasteiger partial charge in [0.2, 0.25) is 0 Å². The average Bonchev–Trinajstić information content (AvgIpc) is 3.90. The molecule has 0 saturated carbocycles. The first-order valence-electron chi connectivity index (χ1n) is 23.1. The van der Waals surface area contributed by atoms with Crippen LogP contribution in [0.4, 0.5) is 0 Å². The molecule has 0 fully saturated rings. The van der Waals surface area contributed by atoms with Gasteiger partial charge in [0.25, 0.3) is 0 Å². The Balaban J connectivity index is 1.18. The Labute approximate surface area is 380 Å². The van der Waals surface area contributed by atoms with Crippen molar-refractivity contribution in [2.45, 2.75) is 0 Å². The lowest BCUT2D eigenvalue weighted by atomic mass is 9.84. The highest BCUT2D eigenvalue weighted by Crippen LogP contribution is 2.56. The molecule has 0 bridgehead atoms. The first-order chi connectivity index (χ1) is 32.8. The smallest absolute Gasteiger partial charge is 0.000696 e. The van der Waals surface area contributed by atoms with Gasteiger partial charge in [-0.3, -0.25) is 0 Å². The van der Waals surface area contributed by atoms with E-state index in [2.05, 4.69) is 231 Å². The summed E-state index contributed by atoms with van der Waals surface area (Å²) in [6, 6.07) is 86.5. The highest BCUT2D eigenvalue weighted by molar-refractivity contribution is 6.46. The van der Waals surface area contributed by atoms with E-state index >= 15 is 0 Å². The minimum Gasteiger partial charge on any atom is -0.0622 e. The fraction of sp³-hybridized carbons (Fsp3) is 0. The van der Waals surface area contributed by atoms with E-state index in [0.717, 1.165) is 0 Å². The van der Waals surface area contributed by atoms with Crippen LogP contribution >= 0.6 is 0 Å². The van der Waals surface area contributed by atoms with Crippen molar-refractivity contribution in [2.75, 3.05) is 0 Å². The Hall–Kier alpha value is -8.58. The molecule has 0 heterocycles. The average molecular weight is 831 g/mol. The zero-order valence-corrected chi connectivity index (χ0v) is 35.9. The van der Waals surface area contributed by atoms with Gasteiger partial charge in [-0.2, -0.15) is 0 Å². The number of rotatable bonds is 4. The lowest BCUT2D eigenvalue weighted by Gasteiger charge is -2.19. The van der Waals surface area contributed by atoms with E-state index in [1.54, 1.807) is 0 Å². The summed E-state index contributed by atoms with van der Waals surface area (Å²) >= 11 is 0. The van der Waals surface area contributed by atoms with Crippen LogP contribution in [0.25, 0.3) is 152 Å². The minimum atomic E-state index is 1.24. The quantitative estimate of drug-likeness (QED) is 0.155. The number of fused-ring (bicyclic) bond motifs is 12. The van der Waals surface area contributed by atoms with Gasteiger partial charge in [0.05, 0.1) is 0 Å². The molecule has 0 N–H and O–H groups in total.